The number of rotatable bonds is 6. The second-order valence-electron chi connectivity index (χ2n) is 6.94. The van der Waals surface area contributed by atoms with E-state index < -0.39 is 0 Å². The van der Waals surface area contributed by atoms with Crippen molar-refractivity contribution in [2.75, 3.05) is 21.3 Å². The highest BCUT2D eigenvalue weighted by Crippen LogP contribution is 2.34. The van der Waals surface area contributed by atoms with Gasteiger partial charge in [-0.15, -0.1) is 11.3 Å². The Labute approximate surface area is 180 Å². The van der Waals surface area contributed by atoms with Crippen molar-refractivity contribution in [3.63, 3.8) is 0 Å². The zero-order valence-corrected chi connectivity index (χ0v) is 18.2. The number of para-hydroxylation sites is 2. The molecule has 0 amide bonds. The minimum absolute atomic E-state index is 0.728. The predicted octanol–water partition coefficient (Wildman–Crippen LogP) is 5.25. The van der Waals surface area contributed by atoms with Crippen LogP contribution < -0.4 is 19.0 Å². The normalized spacial score (nSPS) is 14.1. The topological polar surface area (TPSA) is 57.3 Å². The Kier molecular flexibility index (Phi) is 6.18. The van der Waals surface area contributed by atoms with Crippen molar-refractivity contribution in [2.45, 2.75) is 25.7 Å². The van der Waals surface area contributed by atoms with Gasteiger partial charge in [0.05, 0.1) is 27.0 Å². The number of ether oxygens (including phenoxy) is 3. The molecule has 3 aromatic rings. The van der Waals surface area contributed by atoms with Crippen LogP contribution in [-0.4, -0.2) is 31.7 Å². The minimum atomic E-state index is 0.728. The van der Waals surface area contributed by atoms with Gasteiger partial charge in [-0.2, -0.15) is 5.10 Å². The molecule has 4 rings (SSSR count). The van der Waals surface area contributed by atoms with Crippen molar-refractivity contribution in [1.82, 2.24) is 4.68 Å². The molecule has 0 aliphatic heterocycles. The molecule has 1 heterocycles. The molecule has 1 aliphatic carbocycles. The van der Waals surface area contributed by atoms with Crippen LogP contribution in [0.3, 0.4) is 0 Å². The molecule has 7 heteroatoms. The number of thiazole rings is 1. The lowest BCUT2D eigenvalue weighted by Crippen LogP contribution is -2.13. The van der Waals surface area contributed by atoms with Crippen LogP contribution in [-0.2, 0) is 0 Å². The van der Waals surface area contributed by atoms with Crippen LogP contribution in [0.25, 0.3) is 11.3 Å². The summed E-state index contributed by atoms with van der Waals surface area (Å²) in [5.74, 6) is 2.25. The van der Waals surface area contributed by atoms with Crippen molar-refractivity contribution in [1.29, 1.82) is 0 Å². The number of hydrogen-bond donors (Lipinski definition) is 0. The van der Waals surface area contributed by atoms with Crippen LogP contribution in [0.15, 0.2) is 57.9 Å². The van der Waals surface area contributed by atoms with E-state index in [-0.39, 0.29) is 0 Å². The molecule has 0 spiro atoms. The fourth-order valence-electron chi connectivity index (χ4n) is 3.52. The Morgan fingerprint density at radius 1 is 0.900 bits per heavy atom. The maximum Gasteiger partial charge on any atom is 0.211 e. The first-order valence-electron chi connectivity index (χ1n) is 9.91. The van der Waals surface area contributed by atoms with Gasteiger partial charge in [-0.05, 0) is 56.0 Å². The molecule has 0 N–H and O–H groups in total. The highest BCUT2D eigenvalue weighted by atomic mass is 32.1. The molecule has 6 nitrogen and oxygen atoms in total. The second-order valence-corrected chi connectivity index (χ2v) is 7.78. The SMILES string of the molecule is COc1ccc(OC)c(-c2csc(=Nc3ccccc3OC)n2N=C2CCCC2)c1. The number of hydrogen-bond acceptors (Lipinski definition) is 6. The lowest BCUT2D eigenvalue weighted by molar-refractivity contribution is 0.404. The molecule has 0 atom stereocenters. The van der Waals surface area contributed by atoms with Gasteiger partial charge in [0.2, 0.25) is 4.80 Å². The maximum atomic E-state index is 5.62. The van der Waals surface area contributed by atoms with Crippen LogP contribution in [0.2, 0.25) is 0 Å². The Bertz CT molecular complexity index is 1120. The van der Waals surface area contributed by atoms with Crippen molar-refractivity contribution >= 4 is 22.7 Å². The minimum Gasteiger partial charge on any atom is -0.497 e. The van der Waals surface area contributed by atoms with Crippen LogP contribution in [0.5, 0.6) is 17.2 Å². The van der Waals surface area contributed by atoms with E-state index in [1.807, 2.05) is 47.1 Å². The quantitative estimate of drug-likeness (QED) is 0.544. The van der Waals surface area contributed by atoms with Gasteiger partial charge in [-0.3, -0.25) is 0 Å². The summed E-state index contributed by atoms with van der Waals surface area (Å²) in [5.41, 5.74) is 3.80. The first-order valence-corrected chi connectivity index (χ1v) is 10.8. The van der Waals surface area contributed by atoms with E-state index in [2.05, 4.69) is 5.38 Å². The summed E-state index contributed by atoms with van der Waals surface area (Å²) in [6.07, 6.45) is 4.40. The molecule has 156 valence electrons. The second kappa shape index (κ2) is 9.17. The smallest absolute Gasteiger partial charge is 0.211 e. The largest absolute Gasteiger partial charge is 0.497 e. The molecule has 0 unspecified atom stereocenters. The van der Waals surface area contributed by atoms with E-state index in [1.165, 1.54) is 29.9 Å². The van der Waals surface area contributed by atoms with Gasteiger partial charge in [-0.1, -0.05) is 12.1 Å². The van der Waals surface area contributed by atoms with Crippen LogP contribution >= 0.6 is 11.3 Å². The zero-order valence-electron chi connectivity index (χ0n) is 17.4. The number of benzene rings is 2. The monoisotopic (exact) mass is 423 g/mol. The Morgan fingerprint density at radius 2 is 1.67 bits per heavy atom. The molecule has 1 aliphatic rings. The fraction of sp³-hybridized carbons (Fsp3) is 0.304. The maximum absolute atomic E-state index is 5.62. The van der Waals surface area contributed by atoms with Crippen molar-refractivity contribution in [3.05, 3.63) is 52.6 Å². The standard InChI is InChI=1S/C23H25N3O3S/c1-27-17-12-13-21(28-2)18(14-17)20-15-30-23(26(20)25-16-8-4-5-9-16)24-19-10-6-7-11-22(19)29-3/h6-7,10-15H,4-5,8-9H2,1-3H3. The number of methoxy groups -OCH3 is 3. The first kappa shape index (κ1) is 20.2. The highest BCUT2D eigenvalue weighted by Gasteiger charge is 2.16. The van der Waals surface area contributed by atoms with Gasteiger partial charge in [0.15, 0.2) is 0 Å². The van der Waals surface area contributed by atoms with E-state index in [0.29, 0.717) is 0 Å². The van der Waals surface area contributed by atoms with Crippen molar-refractivity contribution < 1.29 is 14.2 Å². The summed E-state index contributed by atoms with van der Waals surface area (Å²) in [7, 11) is 4.99. The predicted molar refractivity (Wildman–Crippen MR) is 120 cm³/mol. The fourth-order valence-corrected chi connectivity index (χ4v) is 4.36. The van der Waals surface area contributed by atoms with Crippen molar-refractivity contribution in [2.24, 2.45) is 10.1 Å². The number of aromatic nitrogens is 1. The van der Waals surface area contributed by atoms with Crippen LogP contribution in [0.1, 0.15) is 25.7 Å². The van der Waals surface area contributed by atoms with Gasteiger partial charge < -0.3 is 14.2 Å². The summed E-state index contributed by atoms with van der Waals surface area (Å²) in [5, 5.41) is 7.05. The summed E-state index contributed by atoms with van der Waals surface area (Å²) in [6.45, 7) is 0. The van der Waals surface area contributed by atoms with Gasteiger partial charge >= 0.3 is 0 Å². The van der Waals surface area contributed by atoms with Crippen LogP contribution in [0.4, 0.5) is 5.69 Å². The Balaban J connectivity index is 1.93. The molecule has 0 bridgehead atoms. The molecule has 0 saturated heterocycles. The summed E-state index contributed by atoms with van der Waals surface area (Å²) >= 11 is 1.54. The first-order chi connectivity index (χ1) is 14.7. The van der Waals surface area contributed by atoms with Gasteiger partial charge in [0.25, 0.3) is 0 Å². The zero-order chi connectivity index (χ0) is 20.9. The number of nitrogens with zero attached hydrogens (tertiary/aromatic N) is 3. The van der Waals surface area contributed by atoms with Gasteiger partial charge in [0, 0.05) is 16.7 Å². The van der Waals surface area contributed by atoms with E-state index in [1.54, 1.807) is 21.3 Å². The molecular weight excluding hydrogens is 398 g/mol. The molecule has 1 fully saturated rings. The summed E-state index contributed by atoms with van der Waals surface area (Å²) in [4.78, 5) is 5.65. The van der Waals surface area contributed by atoms with Crippen molar-refractivity contribution in [3.8, 4) is 28.5 Å². The van der Waals surface area contributed by atoms with E-state index >= 15 is 0 Å². The van der Waals surface area contributed by atoms with E-state index in [4.69, 9.17) is 24.3 Å². The highest BCUT2D eigenvalue weighted by molar-refractivity contribution is 7.07. The third-order valence-corrected chi connectivity index (χ3v) is 5.91. The van der Waals surface area contributed by atoms with E-state index in [0.717, 1.165) is 51.8 Å². The van der Waals surface area contributed by atoms with Crippen LogP contribution in [0, 0.1) is 0 Å². The molecule has 2 aromatic carbocycles. The van der Waals surface area contributed by atoms with Gasteiger partial charge in [0.1, 0.15) is 22.9 Å². The molecule has 1 saturated carbocycles. The van der Waals surface area contributed by atoms with E-state index in [9.17, 15) is 0 Å². The molecule has 1 aromatic heterocycles. The Morgan fingerprint density at radius 3 is 2.40 bits per heavy atom. The van der Waals surface area contributed by atoms with Gasteiger partial charge in [-0.25, -0.2) is 9.67 Å². The third kappa shape index (κ3) is 4.11. The summed E-state index contributed by atoms with van der Waals surface area (Å²) in [6, 6.07) is 13.5. The summed E-state index contributed by atoms with van der Waals surface area (Å²) < 4.78 is 18.5. The Hall–Kier alpha value is -3.06. The average Bonchev–Trinajstić information content (AvgIpc) is 3.44. The average molecular weight is 424 g/mol. The third-order valence-electron chi connectivity index (χ3n) is 5.09. The molecule has 0 radical (unpaired) electrons. The molecular formula is C23H25N3O3S. The lowest BCUT2D eigenvalue weighted by atomic mass is 10.1. The molecule has 30 heavy (non-hydrogen) atoms. The lowest BCUT2D eigenvalue weighted by Gasteiger charge is -2.11.